The SMILES string of the molecule is CC(C)SC(O)CCO. The molecule has 2 nitrogen and oxygen atoms in total. The zero-order valence-corrected chi connectivity index (χ0v) is 6.69. The molecule has 0 rings (SSSR count). The van der Waals surface area contributed by atoms with E-state index in [4.69, 9.17) is 10.2 Å². The van der Waals surface area contributed by atoms with Gasteiger partial charge in [-0.3, -0.25) is 0 Å². The highest BCUT2D eigenvalue weighted by Gasteiger charge is 2.04. The van der Waals surface area contributed by atoms with Gasteiger partial charge in [-0.2, -0.15) is 0 Å². The molecule has 0 aromatic heterocycles. The lowest BCUT2D eigenvalue weighted by Crippen LogP contribution is -2.06. The molecule has 3 heteroatoms. The molecule has 1 atom stereocenters. The molecule has 0 saturated carbocycles. The van der Waals surface area contributed by atoms with Crippen molar-refractivity contribution in [2.24, 2.45) is 0 Å². The lowest BCUT2D eigenvalue weighted by atomic mass is 10.5. The van der Waals surface area contributed by atoms with Crippen LogP contribution in [0.3, 0.4) is 0 Å². The fraction of sp³-hybridized carbons (Fsp3) is 1.00. The van der Waals surface area contributed by atoms with Crippen molar-refractivity contribution in [3.8, 4) is 0 Å². The van der Waals surface area contributed by atoms with Gasteiger partial charge in [-0.05, 0) is 0 Å². The number of thioether (sulfide) groups is 1. The van der Waals surface area contributed by atoms with E-state index < -0.39 is 5.44 Å². The Labute approximate surface area is 60.3 Å². The summed E-state index contributed by atoms with van der Waals surface area (Å²) in [4.78, 5) is 0. The largest absolute Gasteiger partial charge is 0.396 e. The molecule has 0 aliphatic rings. The van der Waals surface area contributed by atoms with Gasteiger partial charge in [-0.1, -0.05) is 13.8 Å². The molecular formula is C6H14O2S. The zero-order chi connectivity index (χ0) is 7.28. The fourth-order valence-electron chi connectivity index (χ4n) is 0.493. The van der Waals surface area contributed by atoms with Gasteiger partial charge in [0.2, 0.25) is 0 Å². The first-order valence-corrected chi connectivity index (χ1v) is 4.05. The Morgan fingerprint density at radius 1 is 1.44 bits per heavy atom. The van der Waals surface area contributed by atoms with Crippen LogP contribution in [0.1, 0.15) is 20.3 Å². The molecule has 0 radical (unpaired) electrons. The molecule has 0 spiro atoms. The van der Waals surface area contributed by atoms with Crippen LogP contribution in [0.2, 0.25) is 0 Å². The second kappa shape index (κ2) is 5.09. The minimum atomic E-state index is -0.394. The summed E-state index contributed by atoms with van der Waals surface area (Å²) in [6, 6.07) is 0. The van der Waals surface area contributed by atoms with Crippen LogP contribution in [-0.4, -0.2) is 27.5 Å². The van der Waals surface area contributed by atoms with Gasteiger partial charge in [-0.15, -0.1) is 11.8 Å². The molecule has 0 saturated heterocycles. The van der Waals surface area contributed by atoms with Crippen LogP contribution in [0.4, 0.5) is 0 Å². The topological polar surface area (TPSA) is 40.5 Å². The molecule has 0 amide bonds. The highest BCUT2D eigenvalue weighted by molar-refractivity contribution is 8.00. The summed E-state index contributed by atoms with van der Waals surface area (Å²) >= 11 is 1.47. The molecule has 2 N–H and O–H groups in total. The van der Waals surface area contributed by atoms with Crippen molar-refractivity contribution >= 4 is 11.8 Å². The summed E-state index contributed by atoms with van der Waals surface area (Å²) in [7, 11) is 0. The maximum absolute atomic E-state index is 9.02. The normalized spacial score (nSPS) is 14.3. The standard InChI is InChI=1S/C6H14O2S/c1-5(2)9-6(8)3-4-7/h5-8H,3-4H2,1-2H3. The Morgan fingerprint density at radius 2 is 2.00 bits per heavy atom. The minimum absolute atomic E-state index is 0.0703. The Morgan fingerprint density at radius 3 is 2.33 bits per heavy atom. The van der Waals surface area contributed by atoms with Gasteiger partial charge in [0.1, 0.15) is 5.44 Å². The van der Waals surface area contributed by atoms with Gasteiger partial charge in [-0.25, -0.2) is 0 Å². The van der Waals surface area contributed by atoms with Crippen molar-refractivity contribution in [3.63, 3.8) is 0 Å². The van der Waals surface area contributed by atoms with Crippen molar-refractivity contribution in [2.75, 3.05) is 6.61 Å². The highest BCUT2D eigenvalue weighted by Crippen LogP contribution is 2.16. The fourth-order valence-corrected chi connectivity index (χ4v) is 1.36. The number of hydrogen-bond acceptors (Lipinski definition) is 3. The van der Waals surface area contributed by atoms with E-state index in [0.29, 0.717) is 11.7 Å². The van der Waals surface area contributed by atoms with Crippen LogP contribution in [0.15, 0.2) is 0 Å². The third-order valence-corrected chi connectivity index (χ3v) is 1.90. The number of aliphatic hydroxyl groups is 2. The average molecular weight is 150 g/mol. The van der Waals surface area contributed by atoms with E-state index in [0.717, 1.165) is 0 Å². The summed E-state index contributed by atoms with van der Waals surface area (Å²) < 4.78 is 0. The summed E-state index contributed by atoms with van der Waals surface area (Å²) in [5, 5.41) is 17.8. The first-order valence-electron chi connectivity index (χ1n) is 3.11. The summed E-state index contributed by atoms with van der Waals surface area (Å²) in [5.74, 6) is 0. The average Bonchev–Trinajstić information content (AvgIpc) is 1.63. The summed E-state index contributed by atoms with van der Waals surface area (Å²) in [6.45, 7) is 4.11. The Balaban J connectivity index is 3.15. The number of aliphatic hydroxyl groups excluding tert-OH is 2. The van der Waals surface area contributed by atoms with Crippen molar-refractivity contribution in [1.82, 2.24) is 0 Å². The van der Waals surface area contributed by atoms with Crippen molar-refractivity contribution in [3.05, 3.63) is 0 Å². The minimum Gasteiger partial charge on any atom is -0.396 e. The quantitative estimate of drug-likeness (QED) is 0.583. The van der Waals surface area contributed by atoms with E-state index in [-0.39, 0.29) is 6.61 Å². The maximum atomic E-state index is 9.02. The molecule has 9 heavy (non-hydrogen) atoms. The Hall–Kier alpha value is 0.270. The molecule has 0 fully saturated rings. The van der Waals surface area contributed by atoms with Crippen LogP contribution in [0, 0.1) is 0 Å². The lowest BCUT2D eigenvalue weighted by Gasteiger charge is -2.10. The third kappa shape index (κ3) is 6.15. The smallest absolute Gasteiger partial charge is 0.102 e. The summed E-state index contributed by atoms with van der Waals surface area (Å²) in [6.07, 6.45) is 0.475. The maximum Gasteiger partial charge on any atom is 0.102 e. The van der Waals surface area contributed by atoms with Crippen LogP contribution >= 0.6 is 11.8 Å². The van der Waals surface area contributed by atoms with E-state index in [9.17, 15) is 0 Å². The molecular weight excluding hydrogens is 136 g/mol. The van der Waals surface area contributed by atoms with E-state index in [2.05, 4.69) is 0 Å². The molecule has 0 aromatic rings. The predicted molar refractivity (Wildman–Crippen MR) is 40.4 cm³/mol. The van der Waals surface area contributed by atoms with Gasteiger partial charge < -0.3 is 10.2 Å². The predicted octanol–water partition coefficient (Wildman–Crippen LogP) is 0.829. The monoisotopic (exact) mass is 150 g/mol. The second-order valence-corrected chi connectivity index (χ2v) is 3.91. The van der Waals surface area contributed by atoms with Crippen LogP contribution in [-0.2, 0) is 0 Å². The van der Waals surface area contributed by atoms with E-state index in [1.807, 2.05) is 13.8 Å². The molecule has 0 aromatic carbocycles. The van der Waals surface area contributed by atoms with E-state index in [1.54, 1.807) is 0 Å². The van der Waals surface area contributed by atoms with E-state index >= 15 is 0 Å². The first-order chi connectivity index (χ1) is 4.16. The second-order valence-electron chi connectivity index (χ2n) is 2.15. The molecule has 0 aliphatic carbocycles. The van der Waals surface area contributed by atoms with Gasteiger partial charge in [0.05, 0.1) is 0 Å². The van der Waals surface area contributed by atoms with E-state index in [1.165, 1.54) is 11.8 Å². The van der Waals surface area contributed by atoms with Crippen molar-refractivity contribution < 1.29 is 10.2 Å². The molecule has 1 unspecified atom stereocenters. The summed E-state index contributed by atoms with van der Waals surface area (Å²) in [5.41, 5.74) is -0.394. The van der Waals surface area contributed by atoms with Gasteiger partial charge in [0.15, 0.2) is 0 Å². The molecule has 0 bridgehead atoms. The van der Waals surface area contributed by atoms with Crippen LogP contribution < -0.4 is 0 Å². The van der Waals surface area contributed by atoms with Gasteiger partial charge in [0, 0.05) is 18.3 Å². The molecule has 0 aliphatic heterocycles. The Bertz CT molecular complexity index is 66.1. The lowest BCUT2D eigenvalue weighted by molar-refractivity contribution is 0.198. The molecule has 56 valence electrons. The highest BCUT2D eigenvalue weighted by atomic mass is 32.2. The number of rotatable bonds is 4. The van der Waals surface area contributed by atoms with Crippen molar-refractivity contribution in [1.29, 1.82) is 0 Å². The zero-order valence-electron chi connectivity index (χ0n) is 5.87. The van der Waals surface area contributed by atoms with Gasteiger partial charge >= 0.3 is 0 Å². The Kier molecular flexibility index (Phi) is 5.24. The number of hydrogen-bond donors (Lipinski definition) is 2. The van der Waals surface area contributed by atoms with Gasteiger partial charge in [0.25, 0.3) is 0 Å². The molecule has 0 heterocycles. The van der Waals surface area contributed by atoms with Crippen LogP contribution in [0.5, 0.6) is 0 Å². The first kappa shape index (κ1) is 9.27. The third-order valence-electron chi connectivity index (χ3n) is 0.805. The van der Waals surface area contributed by atoms with Crippen LogP contribution in [0.25, 0.3) is 0 Å². The van der Waals surface area contributed by atoms with Crippen molar-refractivity contribution in [2.45, 2.75) is 31.0 Å².